The molecular weight excluding hydrogens is 232 g/mol. The molecule has 0 aliphatic heterocycles. The Balaban J connectivity index is 2.82. The van der Waals surface area contributed by atoms with E-state index in [1.54, 1.807) is 6.08 Å². The second-order valence-electron chi connectivity index (χ2n) is 5.50. The minimum Gasteiger partial charge on any atom is -0.469 e. The Kier molecular flexibility index (Phi) is 4.18. The Morgan fingerprint density at radius 3 is 2.71 bits per heavy atom. The topological polar surface area (TPSA) is 46.5 Å². The van der Waals surface area contributed by atoms with Crippen molar-refractivity contribution >= 4 is 14.0 Å². The van der Waals surface area contributed by atoms with E-state index in [1.165, 1.54) is 7.11 Å². The second-order valence-corrected chi connectivity index (χ2v) is 10.2. The predicted molar refractivity (Wildman–Crippen MR) is 70.0 cm³/mol. The molecule has 1 rings (SSSR count). The lowest BCUT2D eigenvalue weighted by Gasteiger charge is -2.28. The van der Waals surface area contributed by atoms with Gasteiger partial charge in [-0.1, -0.05) is 37.7 Å². The van der Waals surface area contributed by atoms with Gasteiger partial charge in [0.1, 0.15) is 13.7 Å². The van der Waals surface area contributed by atoms with E-state index in [-0.39, 0.29) is 11.9 Å². The lowest BCUT2D eigenvalue weighted by Crippen LogP contribution is -2.35. The van der Waals surface area contributed by atoms with Crippen molar-refractivity contribution in [3.63, 3.8) is 0 Å². The zero-order valence-corrected chi connectivity index (χ0v) is 11.9. The summed E-state index contributed by atoms with van der Waals surface area (Å²) in [5, 5.41) is 10.3. The third-order valence-corrected chi connectivity index (χ3v) is 3.43. The van der Waals surface area contributed by atoms with E-state index in [0.29, 0.717) is 12.8 Å². The van der Waals surface area contributed by atoms with Gasteiger partial charge in [0.15, 0.2) is 0 Å². The first kappa shape index (κ1) is 14.0. The summed E-state index contributed by atoms with van der Waals surface area (Å²) in [4.78, 5) is 11.4. The van der Waals surface area contributed by atoms with Crippen LogP contribution in [0.1, 0.15) is 12.8 Å². The van der Waals surface area contributed by atoms with Gasteiger partial charge in [-0.15, -0.1) is 5.54 Å². The zero-order chi connectivity index (χ0) is 13.1. The van der Waals surface area contributed by atoms with Gasteiger partial charge in [-0.3, -0.25) is 4.79 Å². The van der Waals surface area contributed by atoms with Gasteiger partial charge < -0.3 is 9.84 Å². The number of carbonyl (C=O) groups excluding carboxylic acids is 1. The molecule has 0 radical (unpaired) electrons. The first-order valence-corrected chi connectivity index (χ1v) is 9.27. The minimum absolute atomic E-state index is 0.311. The lowest BCUT2D eigenvalue weighted by molar-refractivity contribution is -0.145. The SMILES string of the molecule is COC(=O)[C@H]1C=CC[C@](O)(C#C[Si](C)(C)C)C1. The fourth-order valence-electron chi connectivity index (χ4n) is 1.66. The average molecular weight is 252 g/mol. The van der Waals surface area contributed by atoms with Crippen molar-refractivity contribution in [1.29, 1.82) is 0 Å². The number of aliphatic hydroxyl groups is 1. The largest absolute Gasteiger partial charge is 0.469 e. The van der Waals surface area contributed by atoms with Crippen molar-refractivity contribution in [3.8, 4) is 11.5 Å². The molecule has 2 atom stereocenters. The smallest absolute Gasteiger partial charge is 0.312 e. The Morgan fingerprint density at radius 2 is 2.18 bits per heavy atom. The zero-order valence-electron chi connectivity index (χ0n) is 10.9. The maximum atomic E-state index is 11.4. The van der Waals surface area contributed by atoms with Crippen LogP contribution in [0.5, 0.6) is 0 Å². The van der Waals surface area contributed by atoms with E-state index in [2.05, 4.69) is 35.8 Å². The Hall–Kier alpha value is -1.05. The molecule has 0 amide bonds. The van der Waals surface area contributed by atoms with Crippen LogP contribution in [0.25, 0.3) is 0 Å². The van der Waals surface area contributed by atoms with Crippen molar-refractivity contribution in [2.45, 2.75) is 38.1 Å². The molecule has 1 aliphatic rings. The summed E-state index contributed by atoms with van der Waals surface area (Å²) in [5.74, 6) is 2.26. The van der Waals surface area contributed by atoms with Gasteiger partial charge in [-0.2, -0.15) is 0 Å². The fraction of sp³-hybridized carbons (Fsp3) is 0.615. The molecule has 0 aromatic heterocycles. The van der Waals surface area contributed by atoms with E-state index < -0.39 is 13.7 Å². The number of hydrogen-bond donors (Lipinski definition) is 1. The maximum Gasteiger partial charge on any atom is 0.312 e. The molecule has 0 heterocycles. The van der Waals surface area contributed by atoms with Crippen LogP contribution in [0.2, 0.25) is 19.6 Å². The molecule has 94 valence electrons. The van der Waals surface area contributed by atoms with Gasteiger partial charge in [-0.25, -0.2) is 0 Å². The standard InChI is InChI=1S/C13H20O3Si/c1-16-12(14)11-6-5-7-13(15,10-11)8-9-17(2,3)4/h5-6,11,15H,7,10H2,1-4H3/t11-,13-/m0/s1. The number of carbonyl (C=O) groups is 1. The summed E-state index contributed by atoms with van der Waals surface area (Å²) in [7, 11) is -0.148. The molecule has 17 heavy (non-hydrogen) atoms. The summed E-state index contributed by atoms with van der Waals surface area (Å²) in [6.45, 7) is 6.37. The summed E-state index contributed by atoms with van der Waals surface area (Å²) in [6, 6.07) is 0. The highest BCUT2D eigenvalue weighted by molar-refractivity contribution is 6.83. The Bertz CT molecular complexity index is 384. The molecule has 0 saturated carbocycles. The summed E-state index contributed by atoms with van der Waals surface area (Å²) >= 11 is 0. The van der Waals surface area contributed by atoms with Gasteiger partial charge in [0.25, 0.3) is 0 Å². The van der Waals surface area contributed by atoms with Crippen LogP contribution in [0.15, 0.2) is 12.2 Å². The third kappa shape index (κ3) is 4.37. The minimum atomic E-state index is -1.51. The van der Waals surface area contributed by atoms with Gasteiger partial charge in [0, 0.05) is 12.8 Å². The number of methoxy groups -OCH3 is 1. The van der Waals surface area contributed by atoms with Crippen LogP contribution in [0.4, 0.5) is 0 Å². The fourth-order valence-corrected chi connectivity index (χ4v) is 2.27. The van der Waals surface area contributed by atoms with E-state index in [0.717, 1.165) is 0 Å². The van der Waals surface area contributed by atoms with E-state index >= 15 is 0 Å². The average Bonchev–Trinajstić information content (AvgIpc) is 2.25. The van der Waals surface area contributed by atoms with Crippen LogP contribution in [-0.2, 0) is 9.53 Å². The number of hydrogen-bond acceptors (Lipinski definition) is 3. The first-order valence-electron chi connectivity index (χ1n) is 5.77. The van der Waals surface area contributed by atoms with Gasteiger partial charge in [-0.05, 0) is 0 Å². The van der Waals surface area contributed by atoms with Crippen molar-refractivity contribution < 1.29 is 14.6 Å². The van der Waals surface area contributed by atoms with Crippen LogP contribution >= 0.6 is 0 Å². The number of rotatable bonds is 1. The Labute approximate surface area is 104 Å². The molecule has 0 saturated heterocycles. The third-order valence-electron chi connectivity index (χ3n) is 2.56. The molecule has 0 unspecified atom stereocenters. The maximum absolute atomic E-state index is 11.4. The lowest BCUT2D eigenvalue weighted by atomic mass is 9.83. The van der Waals surface area contributed by atoms with Crippen molar-refractivity contribution in [2.75, 3.05) is 7.11 Å². The highest BCUT2D eigenvalue weighted by Gasteiger charge is 2.33. The predicted octanol–water partition coefficient (Wildman–Crippen LogP) is 1.74. The molecule has 0 spiro atoms. The van der Waals surface area contributed by atoms with Crippen LogP contribution in [-0.4, -0.2) is 31.9 Å². The first-order chi connectivity index (χ1) is 7.76. The summed E-state index contributed by atoms with van der Waals surface area (Å²) in [6.07, 6.45) is 4.41. The Morgan fingerprint density at radius 1 is 1.53 bits per heavy atom. The van der Waals surface area contributed by atoms with Crippen LogP contribution in [0, 0.1) is 17.4 Å². The monoisotopic (exact) mass is 252 g/mol. The quantitative estimate of drug-likeness (QED) is 0.335. The van der Waals surface area contributed by atoms with Gasteiger partial charge in [0.2, 0.25) is 0 Å². The van der Waals surface area contributed by atoms with Crippen molar-refractivity contribution in [3.05, 3.63) is 12.2 Å². The summed E-state index contributed by atoms with van der Waals surface area (Å²) < 4.78 is 4.69. The molecular formula is C13H20O3Si. The molecule has 0 aromatic carbocycles. The van der Waals surface area contributed by atoms with Crippen LogP contribution < -0.4 is 0 Å². The summed E-state index contributed by atoms with van der Waals surface area (Å²) in [5.41, 5.74) is 2.09. The molecule has 1 N–H and O–H groups in total. The normalized spacial score (nSPS) is 28.2. The molecule has 0 bridgehead atoms. The van der Waals surface area contributed by atoms with E-state index in [1.807, 2.05) is 6.08 Å². The second kappa shape index (κ2) is 5.07. The van der Waals surface area contributed by atoms with E-state index in [4.69, 9.17) is 0 Å². The number of ether oxygens (including phenoxy) is 1. The van der Waals surface area contributed by atoms with Crippen molar-refractivity contribution in [1.82, 2.24) is 0 Å². The number of esters is 1. The van der Waals surface area contributed by atoms with Crippen LogP contribution in [0.3, 0.4) is 0 Å². The molecule has 1 aliphatic carbocycles. The highest BCUT2D eigenvalue weighted by Crippen LogP contribution is 2.28. The molecule has 0 fully saturated rings. The molecule has 3 nitrogen and oxygen atoms in total. The highest BCUT2D eigenvalue weighted by atomic mass is 28.3. The van der Waals surface area contributed by atoms with E-state index in [9.17, 15) is 9.90 Å². The molecule has 4 heteroatoms. The van der Waals surface area contributed by atoms with Crippen molar-refractivity contribution in [2.24, 2.45) is 5.92 Å². The van der Waals surface area contributed by atoms with Gasteiger partial charge >= 0.3 is 5.97 Å². The van der Waals surface area contributed by atoms with Gasteiger partial charge in [0.05, 0.1) is 13.0 Å². The molecule has 0 aromatic rings.